The first-order valence-electron chi connectivity index (χ1n) is 5.31. The normalized spacial score (nSPS) is 9.78. The largest absolute Gasteiger partial charge is 0.439 e. The van der Waals surface area contributed by atoms with Crippen LogP contribution in [0.15, 0.2) is 30.3 Å². The molecule has 0 saturated carbocycles. The van der Waals surface area contributed by atoms with Gasteiger partial charge in [0, 0.05) is 6.07 Å². The summed E-state index contributed by atoms with van der Waals surface area (Å²) in [6.45, 7) is 1.89. The predicted octanol–water partition coefficient (Wildman–Crippen LogP) is 2.22. The molecular weight excluding hydrogens is 228 g/mol. The van der Waals surface area contributed by atoms with Gasteiger partial charge in [0.1, 0.15) is 5.75 Å². The second-order valence-electron chi connectivity index (χ2n) is 3.82. The van der Waals surface area contributed by atoms with Gasteiger partial charge in [-0.2, -0.15) is 10.2 Å². The number of rotatable bonds is 2. The van der Waals surface area contributed by atoms with Gasteiger partial charge in [-0.1, -0.05) is 6.07 Å². The minimum absolute atomic E-state index is 0.224. The lowest BCUT2D eigenvalue weighted by atomic mass is 10.1. The Morgan fingerprint density at radius 2 is 2.00 bits per heavy atom. The number of hydrogen-bond acceptors (Lipinski definition) is 5. The molecule has 2 rings (SSSR count). The molecule has 0 atom stereocenters. The van der Waals surface area contributed by atoms with E-state index < -0.39 is 0 Å². The minimum Gasteiger partial charge on any atom is -0.439 e. The molecule has 0 spiro atoms. The van der Waals surface area contributed by atoms with E-state index in [1.165, 1.54) is 0 Å². The van der Waals surface area contributed by atoms with E-state index in [0.717, 1.165) is 5.56 Å². The number of nitrogen functional groups attached to an aromatic ring is 2. The van der Waals surface area contributed by atoms with Crippen molar-refractivity contribution in [1.82, 2.24) is 4.98 Å². The van der Waals surface area contributed by atoms with Gasteiger partial charge in [-0.05, 0) is 30.7 Å². The summed E-state index contributed by atoms with van der Waals surface area (Å²) in [5, 5.41) is 8.84. The van der Waals surface area contributed by atoms with Crippen LogP contribution in [-0.4, -0.2) is 4.98 Å². The molecule has 5 nitrogen and oxygen atoms in total. The Kier molecular flexibility index (Phi) is 3.02. The van der Waals surface area contributed by atoms with Crippen molar-refractivity contribution in [2.45, 2.75) is 6.92 Å². The number of anilines is 2. The molecule has 2 aromatic rings. The Bertz CT molecular complexity index is 631. The van der Waals surface area contributed by atoms with E-state index in [2.05, 4.69) is 11.1 Å². The molecule has 0 bridgehead atoms. The van der Waals surface area contributed by atoms with Crippen LogP contribution < -0.4 is 16.2 Å². The molecule has 18 heavy (non-hydrogen) atoms. The van der Waals surface area contributed by atoms with Crippen molar-refractivity contribution < 1.29 is 4.74 Å². The molecule has 0 radical (unpaired) electrons. The van der Waals surface area contributed by atoms with Crippen LogP contribution in [-0.2, 0) is 0 Å². The van der Waals surface area contributed by atoms with Gasteiger partial charge in [0.2, 0.25) is 5.88 Å². The molecule has 1 heterocycles. The third kappa shape index (κ3) is 2.33. The summed E-state index contributed by atoms with van der Waals surface area (Å²) in [4.78, 5) is 4.01. The molecule has 1 aromatic heterocycles. The van der Waals surface area contributed by atoms with Crippen LogP contribution >= 0.6 is 0 Å². The topological polar surface area (TPSA) is 97.9 Å². The summed E-state index contributed by atoms with van der Waals surface area (Å²) in [5.74, 6) is 1.15. The minimum atomic E-state index is 0.224. The average molecular weight is 240 g/mol. The number of pyridine rings is 1. The zero-order valence-corrected chi connectivity index (χ0v) is 9.84. The summed E-state index contributed by atoms with van der Waals surface area (Å²) in [6, 6.07) is 10.5. The molecule has 0 saturated heterocycles. The number of hydrogen-bond donors (Lipinski definition) is 2. The van der Waals surface area contributed by atoms with E-state index >= 15 is 0 Å². The summed E-state index contributed by atoms with van der Waals surface area (Å²) < 4.78 is 5.59. The van der Waals surface area contributed by atoms with E-state index in [0.29, 0.717) is 22.9 Å². The van der Waals surface area contributed by atoms with Crippen molar-refractivity contribution in [2.24, 2.45) is 0 Å². The number of aryl methyl sites for hydroxylation is 1. The monoisotopic (exact) mass is 240 g/mol. The molecule has 0 unspecified atom stereocenters. The van der Waals surface area contributed by atoms with Gasteiger partial charge in [-0.3, -0.25) is 0 Å². The molecule has 0 aliphatic heterocycles. The smallest absolute Gasteiger partial charge is 0.221 e. The fraction of sp³-hybridized carbons (Fsp3) is 0.0769. The van der Waals surface area contributed by atoms with Crippen LogP contribution in [0, 0.1) is 18.3 Å². The van der Waals surface area contributed by atoms with Gasteiger partial charge in [-0.25, -0.2) is 0 Å². The lowest BCUT2D eigenvalue weighted by Crippen LogP contribution is -1.99. The third-order valence-electron chi connectivity index (χ3n) is 2.46. The molecule has 0 aliphatic carbocycles. The molecule has 0 fully saturated rings. The van der Waals surface area contributed by atoms with Gasteiger partial charge in [0.15, 0.2) is 5.82 Å². The second kappa shape index (κ2) is 4.63. The van der Waals surface area contributed by atoms with Crippen LogP contribution in [0.4, 0.5) is 11.5 Å². The zero-order valence-electron chi connectivity index (χ0n) is 9.84. The van der Waals surface area contributed by atoms with Crippen molar-refractivity contribution in [3.05, 3.63) is 41.5 Å². The van der Waals surface area contributed by atoms with E-state index in [9.17, 15) is 0 Å². The van der Waals surface area contributed by atoms with Crippen molar-refractivity contribution in [3.8, 4) is 17.7 Å². The average Bonchev–Trinajstić information content (AvgIpc) is 2.36. The summed E-state index contributed by atoms with van der Waals surface area (Å²) in [6.07, 6.45) is 0. The standard InChI is InChI=1S/C13H12N4O/c1-8-2-3-9(7-14)6-11(8)18-12-5-4-10(15)13(16)17-12/h2-6H,15H2,1H3,(H2,16,17). The lowest BCUT2D eigenvalue weighted by Gasteiger charge is -2.09. The highest BCUT2D eigenvalue weighted by molar-refractivity contribution is 5.59. The number of nitriles is 1. The number of nitrogens with two attached hydrogens (primary N) is 2. The highest BCUT2D eigenvalue weighted by Gasteiger charge is 2.05. The van der Waals surface area contributed by atoms with Crippen molar-refractivity contribution in [2.75, 3.05) is 11.5 Å². The molecule has 1 aromatic carbocycles. The Balaban J connectivity index is 2.33. The Morgan fingerprint density at radius 3 is 2.67 bits per heavy atom. The van der Waals surface area contributed by atoms with Gasteiger partial charge in [0.05, 0.1) is 17.3 Å². The van der Waals surface area contributed by atoms with Crippen LogP contribution in [0.1, 0.15) is 11.1 Å². The van der Waals surface area contributed by atoms with Crippen LogP contribution in [0.5, 0.6) is 11.6 Å². The summed E-state index contributed by atoms with van der Waals surface area (Å²) in [7, 11) is 0. The maximum Gasteiger partial charge on any atom is 0.221 e. The van der Waals surface area contributed by atoms with E-state index in [1.54, 1.807) is 24.3 Å². The van der Waals surface area contributed by atoms with Crippen molar-refractivity contribution in [1.29, 1.82) is 5.26 Å². The Hall–Kier alpha value is -2.74. The maximum atomic E-state index is 8.84. The highest BCUT2D eigenvalue weighted by Crippen LogP contribution is 2.26. The molecular formula is C13H12N4O. The fourth-order valence-corrected chi connectivity index (χ4v) is 1.42. The Morgan fingerprint density at radius 1 is 1.22 bits per heavy atom. The summed E-state index contributed by atoms with van der Waals surface area (Å²) >= 11 is 0. The number of ether oxygens (including phenoxy) is 1. The Labute approximate surface area is 105 Å². The van der Waals surface area contributed by atoms with Crippen molar-refractivity contribution in [3.63, 3.8) is 0 Å². The highest BCUT2D eigenvalue weighted by atomic mass is 16.5. The van der Waals surface area contributed by atoms with Gasteiger partial charge in [-0.15, -0.1) is 0 Å². The fourth-order valence-electron chi connectivity index (χ4n) is 1.42. The molecule has 0 amide bonds. The van der Waals surface area contributed by atoms with Crippen LogP contribution in [0.25, 0.3) is 0 Å². The molecule has 4 N–H and O–H groups in total. The SMILES string of the molecule is Cc1ccc(C#N)cc1Oc1ccc(N)c(N)n1. The number of aromatic nitrogens is 1. The number of benzene rings is 1. The van der Waals surface area contributed by atoms with Crippen LogP contribution in [0.3, 0.4) is 0 Å². The van der Waals surface area contributed by atoms with Crippen LogP contribution in [0.2, 0.25) is 0 Å². The van der Waals surface area contributed by atoms with Gasteiger partial charge in [0.25, 0.3) is 0 Å². The maximum absolute atomic E-state index is 8.84. The molecule has 0 aliphatic rings. The first-order valence-corrected chi connectivity index (χ1v) is 5.31. The number of nitrogens with zero attached hydrogens (tertiary/aromatic N) is 2. The lowest BCUT2D eigenvalue weighted by molar-refractivity contribution is 0.460. The third-order valence-corrected chi connectivity index (χ3v) is 2.46. The first kappa shape index (κ1) is 11.7. The van der Waals surface area contributed by atoms with Gasteiger partial charge < -0.3 is 16.2 Å². The summed E-state index contributed by atoms with van der Waals surface area (Å²) in [5.41, 5.74) is 13.0. The van der Waals surface area contributed by atoms with Gasteiger partial charge >= 0.3 is 0 Å². The van der Waals surface area contributed by atoms with E-state index in [4.69, 9.17) is 21.5 Å². The first-order chi connectivity index (χ1) is 8.60. The van der Waals surface area contributed by atoms with E-state index in [-0.39, 0.29) is 5.82 Å². The van der Waals surface area contributed by atoms with E-state index in [1.807, 2.05) is 13.0 Å². The molecule has 90 valence electrons. The quantitative estimate of drug-likeness (QED) is 0.838. The zero-order chi connectivity index (χ0) is 13.1. The molecule has 5 heteroatoms. The second-order valence-corrected chi connectivity index (χ2v) is 3.82. The predicted molar refractivity (Wildman–Crippen MR) is 69.0 cm³/mol. The van der Waals surface area contributed by atoms with Crippen molar-refractivity contribution >= 4 is 11.5 Å².